The molecule has 0 N–H and O–H groups in total. The van der Waals surface area contributed by atoms with Gasteiger partial charge in [-0.05, 0) is 57.3 Å². The van der Waals surface area contributed by atoms with Gasteiger partial charge in [0.15, 0.2) is 0 Å². The second kappa shape index (κ2) is 4.38. The second-order valence-electron chi connectivity index (χ2n) is 6.63. The summed E-state index contributed by atoms with van der Waals surface area (Å²) in [5.41, 5.74) is 2.77. The summed E-state index contributed by atoms with van der Waals surface area (Å²) in [5.74, 6) is 0. The van der Waals surface area contributed by atoms with Gasteiger partial charge in [0.25, 0.3) is 0 Å². The van der Waals surface area contributed by atoms with E-state index < -0.39 is 17.2 Å². The van der Waals surface area contributed by atoms with E-state index >= 15 is 0 Å². The maximum Gasteiger partial charge on any atom is 0.416 e. The van der Waals surface area contributed by atoms with Crippen molar-refractivity contribution in [3.8, 4) is 11.1 Å². The van der Waals surface area contributed by atoms with E-state index in [1.807, 2.05) is 38.1 Å². The molecule has 116 valence electrons. The van der Waals surface area contributed by atoms with Crippen LogP contribution in [0.2, 0.25) is 0 Å². The van der Waals surface area contributed by atoms with Crippen LogP contribution < -0.4 is 0 Å². The Morgan fingerprint density at radius 2 is 1.35 bits per heavy atom. The predicted molar refractivity (Wildman–Crippen MR) is 86.5 cm³/mol. The van der Waals surface area contributed by atoms with Crippen molar-refractivity contribution in [2.24, 2.45) is 0 Å². The Morgan fingerprint density at radius 3 is 2.00 bits per heavy atom. The summed E-state index contributed by atoms with van der Waals surface area (Å²) in [6.07, 6.45) is -4.31. The zero-order valence-electron chi connectivity index (χ0n) is 12.8. The van der Waals surface area contributed by atoms with Gasteiger partial charge in [-0.3, -0.25) is 0 Å². The first-order valence-electron chi connectivity index (χ1n) is 7.54. The Morgan fingerprint density at radius 1 is 0.739 bits per heavy atom. The van der Waals surface area contributed by atoms with Crippen LogP contribution in [0.1, 0.15) is 30.5 Å². The third-order valence-electron chi connectivity index (χ3n) is 4.87. The standard InChI is InChI=1S/C20H15F3/c1-19(2)17-10-13-6-4-3-5-12(13)9-16(17)15-8-7-14(11-18(15)19)20(21,22)23/h3-11H,1-2H3. The van der Waals surface area contributed by atoms with E-state index in [-0.39, 0.29) is 0 Å². The fourth-order valence-corrected chi connectivity index (χ4v) is 3.60. The Balaban J connectivity index is 2.02. The lowest BCUT2D eigenvalue weighted by Crippen LogP contribution is -2.16. The van der Waals surface area contributed by atoms with Crippen LogP contribution >= 0.6 is 0 Å². The summed E-state index contributed by atoms with van der Waals surface area (Å²) >= 11 is 0. The molecule has 1 aliphatic carbocycles. The zero-order chi connectivity index (χ0) is 16.4. The maximum atomic E-state index is 13.1. The second-order valence-corrected chi connectivity index (χ2v) is 6.63. The van der Waals surface area contributed by atoms with Crippen molar-refractivity contribution < 1.29 is 13.2 Å². The van der Waals surface area contributed by atoms with Gasteiger partial charge < -0.3 is 0 Å². The number of benzene rings is 3. The van der Waals surface area contributed by atoms with Gasteiger partial charge in [0.2, 0.25) is 0 Å². The fraction of sp³-hybridized carbons (Fsp3) is 0.200. The Bertz CT molecular complexity index is 933. The summed E-state index contributed by atoms with van der Waals surface area (Å²) in [7, 11) is 0. The van der Waals surface area contributed by atoms with Crippen molar-refractivity contribution in [3.63, 3.8) is 0 Å². The predicted octanol–water partition coefficient (Wildman–Crippen LogP) is 6.16. The molecule has 0 saturated carbocycles. The molecule has 3 aromatic rings. The highest BCUT2D eigenvalue weighted by Gasteiger charge is 2.39. The molecule has 0 spiro atoms. The highest BCUT2D eigenvalue weighted by Crippen LogP contribution is 2.50. The lowest BCUT2D eigenvalue weighted by Gasteiger charge is -2.22. The summed E-state index contributed by atoms with van der Waals surface area (Å²) < 4.78 is 39.2. The summed E-state index contributed by atoms with van der Waals surface area (Å²) in [6, 6.07) is 16.3. The number of hydrogen-bond donors (Lipinski definition) is 0. The van der Waals surface area contributed by atoms with Crippen LogP contribution in [-0.4, -0.2) is 0 Å². The minimum absolute atomic E-state index is 0.435. The molecule has 0 atom stereocenters. The van der Waals surface area contributed by atoms with Crippen LogP contribution in [0.3, 0.4) is 0 Å². The molecule has 3 aromatic carbocycles. The first-order chi connectivity index (χ1) is 10.8. The first kappa shape index (κ1) is 14.3. The molecule has 23 heavy (non-hydrogen) atoms. The molecule has 0 nitrogen and oxygen atoms in total. The van der Waals surface area contributed by atoms with Crippen LogP contribution in [0.5, 0.6) is 0 Å². The Kier molecular flexibility index (Phi) is 2.72. The zero-order valence-corrected chi connectivity index (χ0v) is 12.8. The molecule has 0 radical (unpaired) electrons. The molecule has 0 amide bonds. The lowest BCUT2D eigenvalue weighted by molar-refractivity contribution is -0.137. The normalized spacial score (nSPS) is 15.5. The molecular formula is C20H15F3. The molecular weight excluding hydrogens is 297 g/mol. The molecule has 0 aliphatic heterocycles. The summed E-state index contributed by atoms with van der Waals surface area (Å²) in [4.78, 5) is 0. The minimum atomic E-state index is -4.31. The van der Waals surface area contributed by atoms with E-state index in [2.05, 4.69) is 12.1 Å². The van der Waals surface area contributed by atoms with E-state index in [9.17, 15) is 13.2 Å². The number of hydrogen-bond acceptors (Lipinski definition) is 0. The van der Waals surface area contributed by atoms with Gasteiger partial charge in [-0.1, -0.05) is 44.2 Å². The molecule has 0 fully saturated rings. The third kappa shape index (κ3) is 1.99. The van der Waals surface area contributed by atoms with Crippen molar-refractivity contribution in [2.45, 2.75) is 25.4 Å². The van der Waals surface area contributed by atoms with Crippen LogP contribution in [0.25, 0.3) is 21.9 Å². The average molecular weight is 312 g/mol. The molecule has 0 saturated heterocycles. The molecule has 0 unspecified atom stereocenters. The largest absolute Gasteiger partial charge is 0.416 e. The summed E-state index contributed by atoms with van der Waals surface area (Å²) in [5, 5.41) is 2.22. The molecule has 0 heterocycles. The van der Waals surface area contributed by atoms with Crippen LogP contribution in [0.4, 0.5) is 13.2 Å². The third-order valence-corrected chi connectivity index (χ3v) is 4.87. The molecule has 0 aromatic heterocycles. The lowest BCUT2D eigenvalue weighted by atomic mass is 9.81. The van der Waals surface area contributed by atoms with Gasteiger partial charge in [-0.25, -0.2) is 0 Å². The van der Waals surface area contributed by atoms with Gasteiger partial charge >= 0.3 is 6.18 Å². The summed E-state index contributed by atoms with van der Waals surface area (Å²) in [6.45, 7) is 3.99. The van der Waals surface area contributed by atoms with Gasteiger partial charge in [0, 0.05) is 5.41 Å². The van der Waals surface area contributed by atoms with Crippen LogP contribution in [-0.2, 0) is 11.6 Å². The van der Waals surface area contributed by atoms with Crippen molar-refractivity contribution in [1.29, 1.82) is 0 Å². The average Bonchev–Trinajstić information content (AvgIpc) is 2.72. The monoisotopic (exact) mass is 312 g/mol. The molecule has 3 heteroatoms. The molecule has 0 bridgehead atoms. The maximum absolute atomic E-state index is 13.1. The van der Waals surface area contributed by atoms with E-state index in [0.717, 1.165) is 33.0 Å². The number of halogens is 3. The Hall–Kier alpha value is -2.29. The number of rotatable bonds is 0. The smallest absolute Gasteiger partial charge is 0.166 e. The first-order valence-corrected chi connectivity index (χ1v) is 7.54. The Labute approximate surface area is 132 Å². The quantitative estimate of drug-likeness (QED) is 0.466. The van der Waals surface area contributed by atoms with Gasteiger partial charge in [0.1, 0.15) is 0 Å². The topological polar surface area (TPSA) is 0 Å². The van der Waals surface area contributed by atoms with Crippen LogP contribution in [0.15, 0.2) is 54.6 Å². The minimum Gasteiger partial charge on any atom is -0.166 e. The van der Waals surface area contributed by atoms with Crippen molar-refractivity contribution >= 4 is 10.8 Å². The SMILES string of the molecule is CC1(C)c2cc(C(F)(F)F)ccc2-c2cc3ccccc3cc21. The molecule has 1 aliphatic rings. The van der Waals surface area contributed by atoms with E-state index in [1.165, 1.54) is 12.1 Å². The van der Waals surface area contributed by atoms with Gasteiger partial charge in [0.05, 0.1) is 5.56 Å². The van der Waals surface area contributed by atoms with Gasteiger partial charge in [-0.2, -0.15) is 13.2 Å². The highest BCUT2D eigenvalue weighted by molar-refractivity contribution is 5.93. The van der Waals surface area contributed by atoms with E-state index in [1.54, 1.807) is 6.07 Å². The van der Waals surface area contributed by atoms with Crippen molar-refractivity contribution in [2.75, 3.05) is 0 Å². The fourth-order valence-electron chi connectivity index (χ4n) is 3.60. The number of alkyl halides is 3. The highest BCUT2D eigenvalue weighted by atomic mass is 19.4. The van der Waals surface area contributed by atoms with Gasteiger partial charge in [-0.15, -0.1) is 0 Å². The van der Waals surface area contributed by atoms with Crippen molar-refractivity contribution in [1.82, 2.24) is 0 Å². The van der Waals surface area contributed by atoms with Crippen molar-refractivity contribution in [3.05, 3.63) is 71.3 Å². The number of fused-ring (bicyclic) bond motifs is 4. The molecule has 4 rings (SSSR count). The van der Waals surface area contributed by atoms with Crippen LogP contribution in [0, 0.1) is 0 Å². The van der Waals surface area contributed by atoms with E-state index in [4.69, 9.17) is 0 Å². The van der Waals surface area contributed by atoms with E-state index in [0.29, 0.717) is 0 Å².